The minimum atomic E-state index is -1.23. The second-order valence-corrected chi connectivity index (χ2v) is 11.0. The van der Waals surface area contributed by atoms with Crippen LogP contribution in [0.4, 0.5) is 0 Å². The summed E-state index contributed by atoms with van der Waals surface area (Å²) in [5.74, 6) is -3.50. The second kappa shape index (κ2) is 21.4. The van der Waals surface area contributed by atoms with Crippen molar-refractivity contribution in [2.75, 3.05) is 20.2 Å². The minimum Gasteiger partial charge on any atom is -0.480 e. The van der Waals surface area contributed by atoms with Gasteiger partial charge in [-0.05, 0) is 43.2 Å². The highest BCUT2D eigenvalue weighted by Gasteiger charge is 2.30. The van der Waals surface area contributed by atoms with Crippen LogP contribution in [-0.2, 0) is 62.6 Å². The van der Waals surface area contributed by atoms with Crippen molar-refractivity contribution >= 4 is 53.4 Å². The van der Waals surface area contributed by atoms with Gasteiger partial charge in [0.1, 0.15) is 31.3 Å². The predicted octanol–water partition coefficient (Wildman–Crippen LogP) is 1.88. The average Bonchev–Trinajstić information content (AvgIpc) is 3.53. The standard InChI is InChI=1S/C33H34N4O12.C2H6.CH4O/c1-3-20-22-12-19(49-31(45)9-6-27(40)34-10-11-38)4-5-25(22)36-32-23(20)15-37-26(32)13-21(24(33(37)46)16-47-17-39)18(2)48-30(44)8-7-28(41)35-14-29(42)43;2*1-2/h4-5,11-13,17-18H,3,6-10,14-16H2,1-2H3,(H,34,40)(H,35,41)(H,42,43);1-2H3;2H,1H3. The van der Waals surface area contributed by atoms with E-state index < -0.39 is 54.5 Å². The molecule has 1 unspecified atom stereocenters. The highest BCUT2D eigenvalue weighted by molar-refractivity contribution is 5.90. The third-order valence-electron chi connectivity index (χ3n) is 7.73. The molecule has 3 heterocycles. The van der Waals surface area contributed by atoms with Gasteiger partial charge >= 0.3 is 17.9 Å². The third kappa shape index (κ3) is 11.5. The lowest BCUT2D eigenvalue weighted by Gasteiger charge is -2.19. The van der Waals surface area contributed by atoms with Gasteiger partial charge in [0.05, 0.1) is 48.4 Å². The van der Waals surface area contributed by atoms with Crippen molar-refractivity contribution in [3.05, 3.63) is 56.9 Å². The number of ether oxygens (including phenoxy) is 3. The minimum absolute atomic E-state index is 0.0831. The number of aromatic nitrogens is 2. The number of hydrogen-bond donors (Lipinski definition) is 4. The van der Waals surface area contributed by atoms with Crippen molar-refractivity contribution in [2.45, 2.75) is 79.1 Å². The summed E-state index contributed by atoms with van der Waals surface area (Å²) in [4.78, 5) is 99.3. The SMILES string of the molecule is CC.CCc1c2c(nc3ccc(OC(=O)CCC(=O)NCC=O)cc13)-c1cc(C(C)OC(=O)CCC(=O)NCC(=O)O)c(COC=O)c(=O)n1C2.CO. The van der Waals surface area contributed by atoms with Crippen molar-refractivity contribution in [1.82, 2.24) is 20.2 Å². The van der Waals surface area contributed by atoms with Crippen LogP contribution in [-0.4, -0.2) is 82.4 Å². The number of carboxylic acid groups (broad SMARTS) is 1. The van der Waals surface area contributed by atoms with Gasteiger partial charge in [-0.3, -0.25) is 33.6 Å². The second-order valence-electron chi connectivity index (χ2n) is 11.0. The topological polar surface area (TPSA) is 247 Å². The van der Waals surface area contributed by atoms with E-state index in [1.807, 2.05) is 20.8 Å². The number of esters is 2. The van der Waals surface area contributed by atoms with Crippen LogP contribution in [0.25, 0.3) is 22.3 Å². The van der Waals surface area contributed by atoms with Crippen molar-refractivity contribution in [1.29, 1.82) is 0 Å². The molecule has 0 spiro atoms. The number of aliphatic hydroxyl groups excluding tert-OH is 1. The molecule has 2 amide bonds. The number of fused-ring (bicyclic) bond motifs is 4. The molecule has 0 radical (unpaired) electrons. The first-order chi connectivity index (χ1) is 25.5. The van der Waals surface area contributed by atoms with Crippen LogP contribution in [0.3, 0.4) is 0 Å². The zero-order valence-electron chi connectivity index (χ0n) is 30.2. The number of aliphatic carboxylic acids is 1. The van der Waals surface area contributed by atoms with Gasteiger partial charge < -0.3 is 44.4 Å². The fourth-order valence-electron chi connectivity index (χ4n) is 5.48. The molecule has 4 rings (SSSR count). The number of aldehydes is 1. The first kappa shape index (κ1) is 43.2. The summed E-state index contributed by atoms with van der Waals surface area (Å²) in [5, 5.41) is 20.9. The fraction of sp³-hybridized carbons (Fsp3) is 0.417. The normalized spacial score (nSPS) is 11.2. The number of rotatable bonds is 17. The molecule has 0 fully saturated rings. The lowest BCUT2D eigenvalue weighted by Crippen LogP contribution is -2.29. The number of carbonyl (C=O) groups is 7. The zero-order valence-corrected chi connectivity index (χ0v) is 30.2. The van der Waals surface area contributed by atoms with Crippen molar-refractivity contribution in [3.63, 3.8) is 0 Å². The summed E-state index contributed by atoms with van der Waals surface area (Å²) in [6.45, 7) is 6.66. The summed E-state index contributed by atoms with van der Waals surface area (Å²) in [6, 6.07) is 6.53. The maximum atomic E-state index is 13.8. The highest BCUT2D eigenvalue weighted by atomic mass is 16.5. The Labute approximate surface area is 304 Å². The molecule has 1 aliphatic rings. The molecule has 0 aliphatic carbocycles. The smallest absolute Gasteiger partial charge is 0.322 e. The van der Waals surface area contributed by atoms with E-state index in [9.17, 15) is 38.4 Å². The molecular weight excluding hydrogens is 696 g/mol. The van der Waals surface area contributed by atoms with E-state index in [0.29, 0.717) is 35.0 Å². The van der Waals surface area contributed by atoms with E-state index in [2.05, 4.69) is 10.6 Å². The Bertz CT molecular complexity index is 1890. The zero-order chi connectivity index (χ0) is 39.7. The van der Waals surface area contributed by atoms with Crippen LogP contribution in [0.2, 0.25) is 0 Å². The van der Waals surface area contributed by atoms with E-state index in [4.69, 9.17) is 29.4 Å². The number of amides is 2. The van der Waals surface area contributed by atoms with Crippen molar-refractivity contribution in [3.8, 4) is 17.1 Å². The predicted molar refractivity (Wildman–Crippen MR) is 189 cm³/mol. The van der Waals surface area contributed by atoms with E-state index in [-0.39, 0.29) is 62.1 Å². The van der Waals surface area contributed by atoms with Crippen LogP contribution >= 0.6 is 0 Å². The van der Waals surface area contributed by atoms with Crippen molar-refractivity contribution in [2.24, 2.45) is 0 Å². The molecule has 0 saturated heterocycles. The van der Waals surface area contributed by atoms with E-state index >= 15 is 0 Å². The molecule has 1 atom stereocenters. The van der Waals surface area contributed by atoms with E-state index in [1.165, 1.54) is 11.5 Å². The van der Waals surface area contributed by atoms with Crippen LogP contribution in [0.15, 0.2) is 29.1 Å². The molecule has 17 nitrogen and oxygen atoms in total. The number of aryl methyl sites for hydroxylation is 1. The van der Waals surface area contributed by atoms with Gasteiger partial charge in [-0.2, -0.15) is 0 Å². The molecule has 2 aromatic heterocycles. The Morgan fingerprint density at radius 1 is 0.962 bits per heavy atom. The number of carboxylic acids is 1. The van der Waals surface area contributed by atoms with Crippen molar-refractivity contribution < 1.29 is 58.0 Å². The molecular formula is C36H44N4O13. The molecule has 4 N–H and O–H groups in total. The number of carbonyl (C=O) groups excluding carboxylic acids is 6. The Hall–Kier alpha value is -5.97. The Morgan fingerprint density at radius 3 is 2.25 bits per heavy atom. The molecule has 286 valence electrons. The average molecular weight is 741 g/mol. The quantitative estimate of drug-likeness (QED) is 0.0686. The first-order valence-corrected chi connectivity index (χ1v) is 16.8. The van der Waals surface area contributed by atoms with Crippen LogP contribution in [0.1, 0.15) is 81.7 Å². The fourth-order valence-corrected chi connectivity index (χ4v) is 5.48. The number of nitrogens with zero attached hydrogens (tertiary/aromatic N) is 2. The third-order valence-corrected chi connectivity index (χ3v) is 7.73. The Kier molecular flexibility index (Phi) is 17.4. The maximum absolute atomic E-state index is 13.8. The van der Waals surface area contributed by atoms with Gasteiger partial charge in [0.25, 0.3) is 12.0 Å². The summed E-state index contributed by atoms with van der Waals surface area (Å²) in [6.07, 6.45) is -0.924. The Balaban J connectivity index is 0.00000235. The van der Waals surface area contributed by atoms with E-state index in [1.54, 1.807) is 24.3 Å². The summed E-state index contributed by atoms with van der Waals surface area (Å²) in [5.41, 5.74) is 2.99. The maximum Gasteiger partial charge on any atom is 0.322 e. The molecule has 17 heteroatoms. The summed E-state index contributed by atoms with van der Waals surface area (Å²) < 4.78 is 17.4. The number of nitrogens with one attached hydrogen (secondary N) is 2. The number of hydrogen-bond acceptors (Lipinski definition) is 13. The summed E-state index contributed by atoms with van der Waals surface area (Å²) in [7, 11) is 1.00. The number of aliphatic hydroxyl groups is 1. The van der Waals surface area contributed by atoms with Gasteiger partial charge in [-0.25, -0.2) is 4.98 Å². The first-order valence-electron chi connectivity index (χ1n) is 16.8. The molecule has 0 bridgehead atoms. The largest absolute Gasteiger partial charge is 0.480 e. The summed E-state index contributed by atoms with van der Waals surface area (Å²) >= 11 is 0. The van der Waals surface area contributed by atoms with Gasteiger partial charge in [0, 0.05) is 36.5 Å². The Morgan fingerprint density at radius 2 is 1.62 bits per heavy atom. The molecule has 0 saturated carbocycles. The lowest BCUT2D eigenvalue weighted by atomic mass is 9.98. The van der Waals surface area contributed by atoms with Crippen LogP contribution in [0, 0.1) is 0 Å². The highest BCUT2D eigenvalue weighted by Crippen LogP contribution is 2.38. The van der Waals surface area contributed by atoms with Gasteiger partial charge in [0.2, 0.25) is 11.8 Å². The van der Waals surface area contributed by atoms with Crippen LogP contribution in [0.5, 0.6) is 5.75 Å². The monoisotopic (exact) mass is 740 g/mol. The molecule has 3 aromatic rings. The van der Waals surface area contributed by atoms with Gasteiger partial charge in [-0.15, -0.1) is 0 Å². The lowest BCUT2D eigenvalue weighted by molar-refractivity contribution is -0.150. The molecule has 1 aromatic carbocycles. The number of pyridine rings is 2. The molecule has 53 heavy (non-hydrogen) atoms. The van der Waals surface area contributed by atoms with Crippen LogP contribution < -0.4 is 20.9 Å². The van der Waals surface area contributed by atoms with E-state index in [0.717, 1.165) is 18.2 Å². The molecule has 1 aliphatic heterocycles. The van der Waals surface area contributed by atoms with Gasteiger partial charge in [0.15, 0.2) is 0 Å². The number of benzene rings is 1. The van der Waals surface area contributed by atoms with Gasteiger partial charge in [-0.1, -0.05) is 20.8 Å².